The van der Waals surface area contributed by atoms with Crippen LogP contribution in [0.15, 0.2) is 18.2 Å². The zero-order valence-corrected chi connectivity index (χ0v) is 9.02. The molecule has 0 fully saturated rings. The second-order valence-corrected chi connectivity index (χ2v) is 4.23. The van der Waals surface area contributed by atoms with E-state index in [4.69, 9.17) is 5.73 Å². The molecule has 2 rings (SSSR count). The van der Waals surface area contributed by atoms with E-state index in [0.717, 1.165) is 11.3 Å². The maximum Gasteiger partial charge on any atom is 0.471 e. The van der Waals surface area contributed by atoms with Crippen LogP contribution in [0.3, 0.4) is 0 Å². The van der Waals surface area contributed by atoms with Crippen molar-refractivity contribution in [2.45, 2.75) is 6.18 Å². The van der Waals surface area contributed by atoms with Crippen LogP contribution in [0, 0.1) is 0 Å². The van der Waals surface area contributed by atoms with E-state index in [1.807, 2.05) is 0 Å². The lowest BCUT2D eigenvalue weighted by Gasteiger charge is -2.03. The van der Waals surface area contributed by atoms with Gasteiger partial charge in [0.2, 0.25) is 0 Å². The monoisotopic (exact) mass is 261 g/mol. The first-order valence-electron chi connectivity index (χ1n) is 4.40. The molecule has 0 saturated carbocycles. The van der Waals surface area contributed by atoms with Crippen molar-refractivity contribution >= 4 is 38.3 Å². The maximum atomic E-state index is 12.0. The van der Waals surface area contributed by atoms with Crippen LogP contribution in [0.25, 0.3) is 10.2 Å². The van der Waals surface area contributed by atoms with Crippen LogP contribution in [-0.4, -0.2) is 17.1 Å². The van der Waals surface area contributed by atoms with E-state index in [-0.39, 0.29) is 5.13 Å². The Bertz CT molecular complexity index is 578. The fourth-order valence-corrected chi connectivity index (χ4v) is 2.07. The fourth-order valence-electron chi connectivity index (χ4n) is 1.16. The van der Waals surface area contributed by atoms with E-state index in [0.29, 0.717) is 15.9 Å². The quantitative estimate of drug-likeness (QED) is 0.774. The number of thiazole rings is 1. The zero-order chi connectivity index (χ0) is 12.6. The summed E-state index contributed by atoms with van der Waals surface area (Å²) in [5.41, 5.74) is 6.48. The SMILES string of the molecule is Nc1ccc2nc(NC(=O)C(F)(F)F)sc2c1. The van der Waals surface area contributed by atoms with Crippen molar-refractivity contribution in [2.75, 3.05) is 11.1 Å². The van der Waals surface area contributed by atoms with Gasteiger partial charge in [-0.05, 0) is 18.2 Å². The molecule has 4 nitrogen and oxygen atoms in total. The highest BCUT2D eigenvalue weighted by Gasteiger charge is 2.39. The van der Waals surface area contributed by atoms with E-state index in [2.05, 4.69) is 4.98 Å². The summed E-state index contributed by atoms with van der Waals surface area (Å²) >= 11 is 0.933. The fraction of sp³-hybridized carbons (Fsp3) is 0.111. The van der Waals surface area contributed by atoms with Crippen LogP contribution in [0.2, 0.25) is 0 Å². The smallest absolute Gasteiger partial charge is 0.399 e. The number of aromatic nitrogens is 1. The number of nitrogens with two attached hydrogens (primary N) is 1. The summed E-state index contributed by atoms with van der Waals surface area (Å²) < 4.78 is 36.6. The molecule has 8 heteroatoms. The van der Waals surface area contributed by atoms with E-state index < -0.39 is 12.1 Å². The highest BCUT2D eigenvalue weighted by molar-refractivity contribution is 7.22. The van der Waals surface area contributed by atoms with Gasteiger partial charge in [0, 0.05) is 5.69 Å². The summed E-state index contributed by atoms with van der Waals surface area (Å²) in [6.07, 6.45) is -4.92. The number of benzene rings is 1. The molecule has 90 valence electrons. The minimum atomic E-state index is -4.92. The number of nitrogens with zero attached hydrogens (tertiary/aromatic N) is 1. The minimum absolute atomic E-state index is 0.104. The molecular weight excluding hydrogens is 255 g/mol. The number of anilines is 2. The van der Waals surface area contributed by atoms with Crippen LogP contribution >= 0.6 is 11.3 Å². The molecule has 0 aliphatic rings. The van der Waals surface area contributed by atoms with Crippen molar-refractivity contribution in [2.24, 2.45) is 0 Å². The van der Waals surface area contributed by atoms with E-state index in [1.54, 1.807) is 23.5 Å². The standard InChI is InChI=1S/C9H6F3N3OS/c10-9(11,12)7(16)15-8-14-5-2-1-4(13)3-6(5)17-8/h1-3H,13H2,(H,14,15,16). The number of carbonyl (C=O) groups excluding carboxylic acids is 1. The normalized spacial score (nSPS) is 11.7. The molecule has 0 aliphatic heterocycles. The molecule has 0 unspecified atom stereocenters. The van der Waals surface area contributed by atoms with Gasteiger partial charge >= 0.3 is 12.1 Å². The Labute approximate surface area is 97.3 Å². The molecule has 0 bridgehead atoms. The lowest BCUT2D eigenvalue weighted by atomic mass is 10.3. The van der Waals surface area contributed by atoms with Gasteiger partial charge in [-0.15, -0.1) is 0 Å². The van der Waals surface area contributed by atoms with Gasteiger partial charge in [0.1, 0.15) is 0 Å². The van der Waals surface area contributed by atoms with Crippen molar-refractivity contribution in [3.63, 3.8) is 0 Å². The number of amides is 1. The molecule has 0 aliphatic carbocycles. The molecule has 17 heavy (non-hydrogen) atoms. The molecule has 1 amide bonds. The minimum Gasteiger partial charge on any atom is -0.399 e. The first-order valence-corrected chi connectivity index (χ1v) is 5.22. The summed E-state index contributed by atoms with van der Waals surface area (Å²) in [5, 5.41) is 1.59. The first kappa shape index (κ1) is 11.6. The summed E-state index contributed by atoms with van der Waals surface area (Å²) in [6.45, 7) is 0. The van der Waals surface area contributed by atoms with Gasteiger partial charge in [-0.25, -0.2) is 4.98 Å². The predicted octanol–water partition coefficient (Wildman–Crippen LogP) is 2.38. The lowest BCUT2D eigenvalue weighted by molar-refractivity contribution is -0.167. The lowest BCUT2D eigenvalue weighted by Crippen LogP contribution is -2.29. The molecule has 0 spiro atoms. The molecule has 0 atom stereocenters. The second-order valence-electron chi connectivity index (χ2n) is 3.20. The van der Waals surface area contributed by atoms with Crippen molar-refractivity contribution in [1.29, 1.82) is 0 Å². The van der Waals surface area contributed by atoms with Gasteiger partial charge in [0.05, 0.1) is 10.2 Å². The molecule has 2 aromatic rings. The van der Waals surface area contributed by atoms with Gasteiger partial charge in [0.15, 0.2) is 5.13 Å². The Morgan fingerprint density at radius 2 is 2.12 bits per heavy atom. The molecule has 3 N–H and O–H groups in total. The average molecular weight is 261 g/mol. The van der Waals surface area contributed by atoms with Gasteiger partial charge in [-0.3, -0.25) is 10.1 Å². The number of hydrogen-bond acceptors (Lipinski definition) is 4. The number of halogens is 3. The zero-order valence-electron chi connectivity index (χ0n) is 8.21. The average Bonchev–Trinajstić information content (AvgIpc) is 2.57. The Kier molecular flexibility index (Phi) is 2.66. The van der Waals surface area contributed by atoms with Crippen LogP contribution in [0.5, 0.6) is 0 Å². The second kappa shape index (κ2) is 3.88. The number of rotatable bonds is 1. The van der Waals surface area contributed by atoms with E-state index in [9.17, 15) is 18.0 Å². The third-order valence-corrected chi connectivity index (χ3v) is 2.82. The molecule has 0 saturated heterocycles. The van der Waals surface area contributed by atoms with Crippen LogP contribution in [-0.2, 0) is 4.79 Å². The number of fused-ring (bicyclic) bond motifs is 1. The van der Waals surface area contributed by atoms with Gasteiger partial charge in [-0.1, -0.05) is 11.3 Å². The number of nitrogen functional groups attached to an aromatic ring is 1. The highest BCUT2D eigenvalue weighted by Crippen LogP contribution is 2.28. The van der Waals surface area contributed by atoms with Gasteiger partial charge in [-0.2, -0.15) is 13.2 Å². The van der Waals surface area contributed by atoms with E-state index >= 15 is 0 Å². The van der Waals surface area contributed by atoms with Crippen molar-refractivity contribution in [1.82, 2.24) is 4.98 Å². The van der Waals surface area contributed by atoms with Crippen LogP contribution < -0.4 is 11.1 Å². The Balaban J connectivity index is 2.29. The van der Waals surface area contributed by atoms with Crippen LogP contribution in [0.4, 0.5) is 24.0 Å². The number of nitrogens with one attached hydrogen (secondary N) is 1. The maximum absolute atomic E-state index is 12.0. The molecule has 1 heterocycles. The summed E-state index contributed by atoms with van der Waals surface area (Å²) in [6, 6.07) is 4.73. The number of hydrogen-bond donors (Lipinski definition) is 2. The topological polar surface area (TPSA) is 68.0 Å². The summed E-state index contributed by atoms with van der Waals surface area (Å²) in [7, 11) is 0. The van der Waals surface area contributed by atoms with E-state index in [1.165, 1.54) is 0 Å². The van der Waals surface area contributed by atoms with Gasteiger partial charge < -0.3 is 5.73 Å². The molecule has 1 aromatic heterocycles. The number of carbonyl (C=O) groups is 1. The number of alkyl halides is 3. The predicted molar refractivity (Wildman–Crippen MR) is 58.7 cm³/mol. The van der Waals surface area contributed by atoms with Crippen molar-refractivity contribution < 1.29 is 18.0 Å². The first-order chi connectivity index (χ1) is 7.86. The Hall–Kier alpha value is -1.83. The van der Waals surface area contributed by atoms with Gasteiger partial charge in [0.25, 0.3) is 0 Å². The Morgan fingerprint density at radius 3 is 2.76 bits per heavy atom. The third-order valence-electron chi connectivity index (χ3n) is 1.89. The third kappa shape index (κ3) is 2.47. The van der Waals surface area contributed by atoms with Crippen LogP contribution in [0.1, 0.15) is 0 Å². The summed E-state index contributed by atoms with van der Waals surface area (Å²) in [5.74, 6) is -2.04. The van der Waals surface area contributed by atoms with Crippen molar-refractivity contribution in [3.8, 4) is 0 Å². The molecule has 0 radical (unpaired) electrons. The molecular formula is C9H6F3N3OS. The summed E-state index contributed by atoms with van der Waals surface area (Å²) in [4.78, 5) is 14.5. The van der Waals surface area contributed by atoms with Crippen molar-refractivity contribution in [3.05, 3.63) is 18.2 Å². The largest absolute Gasteiger partial charge is 0.471 e. The Morgan fingerprint density at radius 1 is 1.41 bits per heavy atom. The highest BCUT2D eigenvalue weighted by atomic mass is 32.1. The molecule has 1 aromatic carbocycles.